The van der Waals surface area contributed by atoms with Crippen LogP contribution in [0.25, 0.3) is 0 Å². The monoisotopic (exact) mass is 238 g/mol. The van der Waals surface area contributed by atoms with Gasteiger partial charge in [-0.3, -0.25) is 0 Å². The second-order valence-electron chi connectivity index (χ2n) is 6.43. The van der Waals surface area contributed by atoms with Crippen molar-refractivity contribution in [1.29, 1.82) is 0 Å². The maximum atomic E-state index is 6.14. The lowest BCUT2D eigenvalue weighted by atomic mass is 9.59. The van der Waals surface area contributed by atoms with Gasteiger partial charge in [-0.1, -0.05) is 27.7 Å². The lowest BCUT2D eigenvalue weighted by Crippen LogP contribution is -2.57. The number of ether oxygens (including phenoxy) is 3. The van der Waals surface area contributed by atoms with Crippen molar-refractivity contribution < 1.29 is 14.2 Å². The molecule has 0 aromatic carbocycles. The first-order valence-corrected chi connectivity index (χ1v) is 6.21. The summed E-state index contributed by atoms with van der Waals surface area (Å²) in [5, 5.41) is 0. The summed E-state index contributed by atoms with van der Waals surface area (Å²) >= 11 is 0. The molecule has 3 nitrogen and oxygen atoms in total. The largest absolute Gasteiger partial charge is 0.382 e. The molecule has 96 valence electrons. The Morgan fingerprint density at radius 3 is 2.24 bits per heavy atom. The molecule has 0 N–H and O–H groups in total. The van der Waals surface area contributed by atoms with E-state index in [0.717, 1.165) is 0 Å². The summed E-state index contributed by atoms with van der Waals surface area (Å²) in [5.74, 6) is 0.206. The fraction of sp³-hybridized carbons (Fsp3) is 1.00. The number of hydrogen-bond donors (Lipinski definition) is 0. The molecule has 1 aliphatic carbocycles. The smallest absolute Gasteiger partial charge is 0.123 e. The van der Waals surface area contributed by atoms with E-state index in [9.17, 15) is 0 Å². The van der Waals surface area contributed by atoms with Gasteiger partial charge in [0.1, 0.15) is 13.4 Å². The van der Waals surface area contributed by atoms with Crippen LogP contribution in [0, 0.1) is 16.7 Å². The fourth-order valence-electron chi connectivity index (χ4n) is 3.95. The normalized spacial score (nSPS) is 46.4. The van der Waals surface area contributed by atoms with Crippen molar-refractivity contribution in [2.45, 2.75) is 45.4 Å². The van der Waals surface area contributed by atoms with Gasteiger partial charge in [-0.25, -0.2) is 0 Å². The van der Waals surface area contributed by atoms with Crippen LogP contribution in [0.2, 0.25) is 0 Å². The molecule has 2 rings (SSSR count). The second-order valence-corrected chi connectivity index (χ2v) is 6.43. The summed E-state index contributed by atoms with van der Waals surface area (Å²) in [6.07, 6.45) is 0.00227. The van der Waals surface area contributed by atoms with Crippen LogP contribution in [0.5, 0.6) is 0 Å². The molecule has 1 aliphatic heterocycles. The van der Waals surface area contributed by atoms with Crippen LogP contribution < -0.4 is 0 Å². The number of methoxy groups -OCH3 is 2. The van der Waals surface area contributed by atoms with E-state index in [0.29, 0.717) is 6.61 Å². The Bertz CT molecular complexity index is 316. The van der Waals surface area contributed by atoms with Gasteiger partial charge in [0, 0.05) is 31.6 Å². The molecule has 2 radical (unpaired) electrons. The van der Waals surface area contributed by atoms with E-state index < -0.39 is 5.60 Å². The van der Waals surface area contributed by atoms with Gasteiger partial charge in [-0.05, 0) is 5.41 Å². The number of rotatable bonds is 3. The molecule has 1 heterocycles. The average Bonchev–Trinajstić information content (AvgIpc) is 2.56. The standard InChI is InChI=1S/C13H23BO3/c1-11(2)8-9(16-6)13(7-15-5,12(11,3)4)17-10(8)14/h8-10H,7H2,1-6H3. The zero-order valence-electron chi connectivity index (χ0n) is 11.7. The quantitative estimate of drug-likeness (QED) is 0.699. The van der Waals surface area contributed by atoms with E-state index in [2.05, 4.69) is 27.7 Å². The third kappa shape index (κ3) is 1.29. The first kappa shape index (κ1) is 13.4. The minimum Gasteiger partial charge on any atom is -0.382 e. The molecule has 0 aromatic heterocycles. The van der Waals surface area contributed by atoms with Gasteiger partial charge >= 0.3 is 0 Å². The first-order chi connectivity index (χ1) is 7.76. The van der Waals surface area contributed by atoms with Crippen molar-refractivity contribution in [2.24, 2.45) is 16.7 Å². The van der Waals surface area contributed by atoms with E-state index >= 15 is 0 Å². The van der Waals surface area contributed by atoms with E-state index in [1.807, 2.05) is 0 Å². The fourth-order valence-corrected chi connectivity index (χ4v) is 3.95. The Hall–Kier alpha value is -0.0551. The summed E-state index contributed by atoms with van der Waals surface area (Å²) < 4.78 is 17.2. The molecular weight excluding hydrogens is 215 g/mol. The third-order valence-electron chi connectivity index (χ3n) is 5.60. The number of fused-ring (bicyclic) bond motifs is 2. The van der Waals surface area contributed by atoms with Gasteiger partial charge in [-0.2, -0.15) is 0 Å². The van der Waals surface area contributed by atoms with E-state index in [1.54, 1.807) is 14.2 Å². The third-order valence-corrected chi connectivity index (χ3v) is 5.60. The van der Waals surface area contributed by atoms with Crippen molar-refractivity contribution in [3.63, 3.8) is 0 Å². The molecule has 4 atom stereocenters. The predicted octanol–water partition coefficient (Wildman–Crippen LogP) is 1.59. The van der Waals surface area contributed by atoms with Crippen LogP contribution in [0.4, 0.5) is 0 Å². The molecule has 2 fully saturated rings. The zero-order valence-corrected chi connectivity index (χ0v) is 11.7. The highest BCUT2D eigenvalue weighted by Gasteiger charge is 2.75. The van der Waals surface area contributed by atoms with Gasteiger partial charge in [0.25, 0.3) is 0 Å². The minimum absolute atomic E-state index is 0.00227. The summed E-state index contributed by atoms with van der Waals surface area (Å²) in [5.41, 5.74) is -0.425. The first-order valence-electron chi connectivity index (χ1n) is 6.21. The van der Waals surface area contributed by atoms with E-state index in [1.165, 1.54) is 0 Å². The topological polar surface area (TPSA) is 27.7 Å². The summed E-state index contributed by atoms with van der Waals surface area (Å²) in [6.45, 7) is 9.48. The van der Waals surface area contributed by atoms with Crippen LogP contribution in [0.1, 0.15) is 27.7 Å². The maximum Gasteiger partial charge on any atom is 0.123 e. The van der Waals surface area contributed by atoms with Crippen LogP contribution in [0.15, 0.2) is 0 Å². The molecule has 4 unspecified atom stereocenters. The highest BCUT2D eigenvalue weighted by atomic mass is 16.6. The SMILES string of the molecule is [B]C1OC2(COC)C(OC)C1C(C)(C)C2(C)C. The molecule has 2 aliphatic rings. The van der Waals surface area contributed by atoms with Crippen molar-refractivity contribution >= 4 is 7.85 Å². The lowest BCUT2D eigenvalue weighted by molar-refractivity contribution is -0.202. The van der Waals surface area contributed by atoms with Gasteiger partial charge in [-0.15, -0.1) is 0 Å². The Labute approximate surface area is 106 Å². The van der Waals surface area contributed by atoms with Crippen LogP contribution >= 0.6 is 0 Å². The highest BCUT2D eigenvalue weighted by molar-refractivity contribution is 6.11. The molecule has 0 aromatic rings. The molecule has 0 amide bonds. The van der Waals surface area contributed by atoms with Crippen LogP contribution in [-0.4, -0.2) is 46.4 Å². The zero-order chi connectivity index (χ0) is 13.1. The Morgan fingerprint density at radius 2 is 1.76 bits per heavy atom. The highest BCUT2D eigenvalue weighted by Crippen LogP contribution is 2.68. The molecule has 2 bridgehead atoms. The van der Waals surface area contributed by atoms with Gasteiger partial charge in [0.05, 0.1) is 12.7 Å². The summed E-state index contributed by atoms with van der Waals surface area (Å²) in [7, 11) is 9.58. The van der Waals surface area contributed by atoms with Gasteiger partial charge in [0.15, 0.2) is 0 Å². The Balaban J connectivity index is 2.52. The second kappa shape index (κ2) is 3.72. The molecule has 4 heteroatoms. The summed E-state index contributed by atoms with van der Waals surface area (Å²) in [4.78, 5) is 0. The lowest BCUT2D eigenvalue weighted by Gasteiger charge is -2.52. The van der Waals surface area contributed by atoms with Crippen molar-refractivity contribution in [1.82, 2.24) is 0 Å². The molecule has 1 saturated heterocycles. The van der Waals surface area contributed by atoms with Crippen molar-refractivity contribution in [3.05, 3.63) is 0 Å². The van der Waals surface area contributed by atoms with Gasteiger partial charge in [0.2, 0.25) is 0 Å². The van der Waals surface area contributed by atoms with Crippen LogP contribution in [-0.2, 0) is 14.2 Å². The Kier molecular flexibility index (Phi) is 2.93. The predicted molar refractivity (Wildman–Crippen MR) is 67.1 cm³/mol. The molecule has 17 heavy (non-hydrogen) atoms. The van der Waals surface area contributed by atoms with E-state index in [4.69, 9.17) is 22.1 Å². The minimum atomic E-state index is -0.440. The van der Waals surface area contributed by atoms with Gasteiger partial charge < -0.3 is 14.2 Å². The van der Waals surface area contributed by atoms with E-state index in [-0.39, 0.29) is 28.9 Å². The van der Waals surface area contributed by atoms with Crippen molar-refractivity contribution in [2.75, 3.05) is 20.8 Å². The molecule has 0 spiro atoms. The molecular formula is C13H23BO3. The average molecular weight is 238 g/mol. The molecule has 1 saturated carbocycles. The maximum absolute atomic E-state index is 6.14. The Morgan fingerprint density at radius 1 is 1.18 bits per heavy atom. The summed E-state index contributed by atoms with van der Waals surface area (Å²) in [6, 6.07) is -0.266. The van der Waals surface area contributed by atoms with Crippen molar-refractivity contribution in [3.8, 4) is 0 Å². The van der Waals surface area contributed by atoms with Crippen LogP contribution in [0.3, 0.4) is 0 Å². The number of hydrogen-bond acceptors (Lipinski definition) is 3.